The molecule has 1 amide bonds. The van der Waals surface area contributed by atoms with Crippen molar-refractivity contribution in [3.05, 3.63) is 140 Å². The summed E-state index contributed by atoms with van der Waals surface area (Å²) < 4.78 is 23.7. The molecule has 1 aromatic heterocycles. The molecule has 272 valence electrons. The van der Waals surface area contributed by atoms with E-state index in [4.69, 9.17) is 42.1 Å². The number of nitrogens with one attached hydrogen (secondary N) is 2. The van der Waals surface area contributed by atoms with Crippen LogP contribution in [0.25, 0.3) is 11.1 Å². The molecular weight excluding hydrogens is 713 g/mol. The molecule has 3 atom stereocenters. The number of hydrogen-bond donors (Lipinski definition) is 2. The third-order valence-electron chi connectivity index (χ3n) is 9.79. The SMILES string of the molecule is COC(=O)C(Cc1ccc(-c2ccnc(C)c2C)cc1)NC(=O)C1Cc2cc3c(cc2CN1)OC(c1cccc(OCc2ccc(Cl)c(Cl)c2)c1)CO3. The summed E-state index contributed by atoms with van der Waals surface area (Å²) in [6, 6.07) is 25.7. The Balaban J connectivity index is 0.974. The van der Waals surface area contributed by atoms with E-state index in [1.165, 1.54) is 7.11 Å². The Morgan fingerprint density at radius 2 is 1.74 bits per heavy atom. The van der Waals surface area contributed by atoms with Crippen LogP contribution >= 0.6 is 23.2 Å². The summed E-state index contributed by atoms with van der Waals surface area (Å²) in [7, 11) is 1.33. The second kappa shape index (κ2) is 15.9. The fourth-order valence-corrected chi connectivity index (χ4v) is 6.97. The predicted molar refractivity (Wildman–Crippen MR) is 204 cm³/mol. The highest BCUT2D eigenvalue weighted by Crippen LogP contribution is 2.40. The van der Waals surface area contributed by atoms with Gasteiger partial charge in [-0.25, -0.2) is 4.79 Å². The van der Waals surface area contributed by atoms with Crippen LogP contribution < -0.4 is 24.8 Å². The minimum absolute atomic E-state index is 0.276. The lowest BCUT2D eigenvalue weighted by Crippen LogP contribution is -2.53. The summed E-state index contributed by atoms with van der Waals surface area (Å²) in [6.45, 7) is 5.15. The maximum atomic E-state index is 13.5. The smallest absolute Gasteiger partial charge is 0.328 e. The largest absolute Gasteiger partial charge is 0.489 e. The number of halogens is 2. The molecule has 3 heterocycles. The molecule has 0 radical (unpaired) electrons. The Hall–Kier alpha value is -5.09. The number of rotatable bonds is 10. The Morgan fingerprint density at radius 1 is 0.943 bits per heavy atom. The van der Waals surface area contributed by atoms with Gasteiger partial charge in [0, 0.05) is 24.9 Å². The number of benzene rings is 4. The zero-order valence-electron chi connectivity index (χ0n) is 29.6. The van der Waals surface area contributed by atoms with Crippen molar-refractivity contribution < 1.29 is 28.5 Å². The molecule has 53 heavy (non-hydrogen) atoms. The van der Waals surface area contributed by atoms with Gasteiger partial charge in [0.15, 0.2) is 17.6 Å². The zero-order valence-corrected chi connectivity index (χ0v) is 31.1. The van der Waals surface area contributed by atoms with Crippen LogP contribution in [0.2, 0.25) is 10.0 Å². The van der Waals surface area contributed by atoms with Gasteiger partial charge in [-0.3, -0.25) is 9.78 Å². The predicted octanol–water partition coefficient (Wildman–Crippen LogP) is 7.68. The van der Waals surface area contributed by atoms with Gasteiger partial charge >= 0.3 is 5.97 Å². The number of hydrogen-bond acceptors (Lipinski definition) is 8. The van der Waals surface area contributed by atoms with Crippen LogP contribution in [0.3, 0.4) is 0 Å². The van der Waals surface area contributed by atoms with Gasteiger partial charge in [0.2, 0.25) is 5.91 Å². The van der Waals surface area contributed by atoms with Crippen LogP contribution in [-0.4, -0.2) is 42.7 Å². The lowest BCUT2D eigenvalue weighted by Gasteiger charge is -2.31. The molecule has 0 fully saturated rings. The monoisotopic (exact) mass is 751 g/mol. The molecule has 9 nitrogen and oxygen atoms in total. The standard InChI is InChI=1S/C42H39Cl2N3O6/c1-24-25(2)45-14-13-33(24)28-10-7-26(8-11-28)16-37(42(49)50-3)47-41(48)36-18-30-19-38-39(20-31(30)21-46-36)53-40(23-52-38)29-5-4-6-32(17-29)51-22-27-9-12-34(43)35(44)15-27/h4-15,17,19-20,36-37,40,46H,16,18,21-23H2,1-3H3,(H,47,48). The van der Waals surface area contributed by atoms with E-state index in [0.717, 1.165) is 50.2 Å². The van der Waals surface area contributed by atoms with Crippen molar-refractivity contribution >= 4 is 35.1 Å². The van der Waals surface area contributed by atoms with E-state index < -0.39 is 18.1 Å². The van der Waals surface area contributed by atoms with Crippen LogP contribution in [0, 0.1) is 13.8 Å². The van der Waals surface area contributed by atoms with Crippen molar-refractivity contribution in [1.82, 2.24) is 15.6 Å². The number of ether oxygens (including phenoxy) is 4. The first kappa shape index (κ1) is 36.3. The Labute approximate surface area is 318 Å². The molecule has 3 unspecified atom stereocenters. The second-order valence-corrected chi connectivity index (χ2v) is 14.1. The number of amides is 1. The van der Waals surface area contributed by atoms with Gasteiger partial charge in [0.05, 0.1) is 23.2 Å². The van der Waals surface area contributed by atoms with Crippen LogP contribution in [0.1, 0.15) is 45.2 Å². The number of esters is 1. The number of aryl methyl sites for hydroxylation is 1. The summed E-state index contributed by atoms with van der Waals surface area (Å²) in [6.07, 6.45) is 2.19. The molecule has 0 spiro atoms. The van der Waals surface area contributed by atoms with Crippen molar-refractivity contribution in [2.24, 2.45) is 0 Å². The van der Waals surface area contributed by atoms with Gasteiger partial charge < -0.3 is 29.6 Å². The van der Waals surface area contributed by atoms with Crippen LogP contribution in [-0.2, 0) is 40.3 Å². The van der Waals surface area contributed by atoms with Gasteiger partial charge in [-0.1, -0.05) is 65.7 Å². The quantitative estimate of drug-likeness (QED) is 0.140. The molecule has 2 aliphatic rings. The molecule has 2 aliphatic heterocycles. The summed E-state index contributed by atoms with van der Waals surface area (Å²) >= 11 is 12.2. The Morgan fingerprint density at radius 3 is 2.53 bits per heavy atom. The normalized spacial score (nSPS) is 16.6. The highest BCUT2D eigenvalue weighted by Gasteiger charge is 2.31. The molecule has 11 heteroatoms. The molecular formula is C42H39Cl2N3O6. The molecule has 2 N–H and O–H groups in total. The Kier molecular flexibility index (Phi) is 10.9. The van der Waals surface area contributed by atoms with E-state index in [0.29, 0.717) is 59.9 Å². The Bertz CT molecular complexity index is 2160. The summed E-state index contributed by atoms with van der Waals surface area (Å²) in [4.78, 5) is 30.7. The highest BCUT2D eigenvalue weighted by atomic mass is 35.5. The number of aromatic nitrogens is 1. The average Bonchev–Trinajstić information content (AvgIpc) is 3.18. The zero-order chi connectivity index (χ0) is 37.1. The fraction of sp³-hybridized carbons (Fsp3) is 0.262. The van der Waals surface area contributed by atoms with Crippen LogP contribution in [0.5, 0.6) is 17.2 Å². The van der Waals surface area contributed by atoms with Gasteiger partial charge in [-0.2, -0.15) is 0 Å². The number of carbonyl (C=O) groups is 2. The van der Waals surface area contributed by atoms with E-state index in [-0.39, 0.29) is 12.0 Å². The molecule has 4 aromatic carbocycles. The van der Waals surface area contributed by atoms with E-state index in [2.05, 4.69) is 22.5 Å². The first-order valence-electron chi connectivity index (χ1n) is 17.4. The van der Waals surface area contributed by atoms with Gasteiger partial charge in [0.1, 0.15) is 25.0 Å². The van der Waals surface area contributed by atoms with E-state index in [1.807, 2.05) is 79.7 Å². The molecule has 0 bridgehead atoms. The minimum atomic E-state index is -0.844. The number of pyridine rings is 1. The van der Waals surface area contributed by atoms with Crippen LogP contribution in [0.15, 0.2) is 91.1 Å². The highest BCUT2D eigenvalue weighted by molar-refractivity contribution is 6.42. The first-order valence-corrected chi connectivity index (χ1v) is 18.2. The second-order valence-electron chi connectivity index (χ2n) is 13.3. The van der Waals surface area contributed by atoms with E-state index in [9.17, 15) is 9.59 Å². The topological polar surface area (TPSA) is 108 Å². The maximum absolute atomic E-state index is 13.5. The van der Waals surface area contributed by atoms with E-state index in [1.54, 1.807) is 18.3 Å². The summed E-state index contributed by atoms with van der Waals surface area (Å²) in [5, 5.41) is 7.24. The molecule has 7 rings (SSSR count). The van der Waals surface area contributed by atoms with Crippen molar-refractivity contribution in [1.29, 1.82) is 0 Å². The number of fused-ring (bicyclic) bond motifs is 2. The van der Waals surface area contributed by atoms with Crippen LogP contribution in [0.4, 0.5) is 0 Å². The lowest BCUT2D eigenvalue weighted by molar-refractivity contribution is -0.145. The molecule has 0 saturated heterocycles. The van der Waals surface area contributed by atoms with Crippen molar-refractivity contribution in [2.75, 3.05) is 13.7 Å². The summed E-state index contributed by atoms with van der Waals surface area (Å²) in [5.41, 5.74) is 9.00. The maximum Gasteiger partial charge on any atom is 0.328 e. The van der Waals surface area contributed by atoms with Gasteiger partial charge in [-0.05, 0) is 107 Å². The van der Waals surface area contributed by atoms with Gasteiger partial charge in [0.25, 0.3) is 0 Å². The minimum Gasteiger partial charge on any atom is -0.489 e. The molecule has 0 saturated carbocycles. The third kappa shape index (κ3) is 8.28. The number of methoxy groups -OCH3 is 1. The van der Waals surface area contributed by atoms with Crippen molar-refractivity contribution in [2.45, 2.75) is 58.0 Å². The number of carbonyl (C=O) groups excluding carboxylic acids is 2. The summed E-state index contributed by atoms with van der Waals surface area (Å²) in [5.74, 6) is 1.18. The average molecular weight is 753 g/mol. The first-order chi connectivity index (χ1) is 25.6. The number of nitrogens with zero attached hydrogens (tertiary/aromatic N) is 1. The lowest BCUT2D eigenvalue weighted by atomic mass is 9.94. The van der Waals surface area contributed by atoms with Gasteiger partial charge in [-0.15, -0.1) is 0 Å². The molecule has 5 aromatic rings. The van der Waals surface area contributed by atoms with Crippen molar-refractivity contribution in [3.8, 4) is 28.4 Å². The molecule has 0 aliphatic carbocycles. The van der Waals surface area contributed by atoms with E-state index >= 15 is 0 Å². The fourth-order valence-electron chi connectivity index (χ4n) is 6.65. The van der Waals surface area contributed by atoms with Crippen molar-refractivity contribution in [3.63, 3.8) is 0 Å². The third-order valence-corrected chi connectivity index (χ3v) is 10.5.